The number of aryl methyl sites for hydroxylation is 1. The van der Waals surface area contributed by atoms with Gasteiger partial charge in [-0.3, -0.25) is 0 Å². The standard InChI is InChI=1S/C17H20FNO/c1-13-4-3-5-14(10-13)8-9-19-12-15-6-7-16(20-2)11-17(15)18/h3-7,10-11,19H,8-9,12H2,1-2H3. The Balaban J connectivity index is 1.81. The number of ether oxygens (including phenoxy) is 1. The van der Waals surface area contributed by atoms with Crippen molar-refractivity contribution in [3.05, 3.63) is 65.0 Å². The molecule has 0 saturated heterocycles. The van der Waals surface area contributed by atoms with Gasteiger partial charge in [0.15, 0.2) is 0 Å². The van der Waals surface area contributed by atoms with Gasteiger partial charge in [0, 0.05) is 18.2 Å². The Morgan fingerprint density at radius 2 is 2.00 bits per heavy atom. The molecule has 2 aromatic rings. The first kappa shape index (κ1) is 14.5. The van der Waals surface area contributed by atoms with E-state index in [0.717, 1.165) is 13.0 Å². The van der Waals surface area contributed by atoms with Gasteiger partial charge in [-0.25, -0.2) is 4.39 Å². The topological polar surface area (TPSA) is 21.3 Å². The highest BCUT2D eigenvalue weighted by Crippen LogP contribution is 2.15. The third-order valence-electron chi connectivity index (χ3n) is 3.25. The SMILES string of the molecule is COc1ccc(CNCCc2cccc(C)c2)c(F)c1. The van der Waals surface area contributed by atoms with Gasteiger partial charge in [0.2, 0.25) is 0 Å². The molecular weight excluding hydrogens is 253 g/mol. The van der Waals surface area contributed by atoms with Crippen molar-refractivity contribution in [3.63, 3.8) is 0 Å². The van der Waals surface area contributed by atoms with Gasteiger partial charge in [-0.2, -0.15) is 0 Å². The number of hydrogen-bond donors (Lipinski definition) is 1. The van der Waals surface area contributed by atoms with Crippen LogP contribution in [0.2, 0.25) is 0 Å². The Kier molecular flexibility index (Phi) is 5.13. The van der Waals surface area contributed by atoms with Crippen LogP contribution >= 0.6 is 0 Å². The van der Waals surface area contributed by atoms with Gasteiger partial charge in [0.25, 0.3) is 0 Å². The monoisotopic (exact) mass is 273 g/mol. The molecule has 0 heterocycles. The van der Waals surface area contributed by atoms with E-state index in [2.05, 4.69) is 36.5 Å². The van der Waals surface area contributed by atoms with E-state index in [9.17, 15) is 4.39 Å². The van der Waals surface area contributed by atoms with E-state index in [-0.39, 0.29) is 5.82 Å². The number of halogens is 1. The Labute approximate surface area is 119 Å². The van der Waals surface area contributed by atoms with Gasteiger partial charge in [-0.15, -0.1) is 0 Å². The number of methoxy groups -OCH3 is 1. The molecule has 0 bridgehead atoms. The molecule has 0 atom stereocenters. The smallest absolute Gasteiger partial charge is 0.131 e. The van der Waals surface area contributed by atoms with Crippen molar-refractivity contribution in [2.45, 2.75) is 19.9 Å². The summed E-state index contributed by atoms with van der Waals surface area (Å²) in [6, 6.07) is 13.4. The normalized spacial score (nSPS) is 10.6. The van der Waals surface area contributed by atoms with Gasteiger partial charge in [-0.1, -0.05) is 35.9 Å². The van der Waals surface area contributed by atoms with Crippen molar-refractivity contribution < 1.29 is 9.13 Å². The molecule has 0 spiro atoms. The maximum absolute atomic E-state index is 13.7. The highest BCUT2D eigenvalue weighted by atomic mass is 19.1. The first-order chi connectivity index (χ1) is 9.69. The van der Waals surface area contributed by atoms with Crippen molar-refractivity contribution >= 4 is 0 Å². The van der Waals surface area contributed by atoms with E-state index in [1.165, 1.54) is 24.3 Å². The van der Waals surface area contributed by atoms with E-state index >= 15 is 0 Å². The van der Waals surface area contributed by atoms with E-state index in [1.807, 2.05) is 0 Å². The molecule has 0 fully saturated rings. The van der Waals surface area contributed by atoms with Crippen molar-refractivity contribution in [2.75, 3.05) is 13.7 Å². The van der Waals surface area contributed by atoms with E-state index in [1.54, 1.807) is 12.1 Å². The van der Waals surface area contributed by atoms with Crippen LogP contribution in [-0.2, 0) is 13.0 Å². The highest BCUT2D eigenvalue weighted by molar-refractivity contribution is 5.28. The largest absolute Gasteiger partial charge is 0.497 e. The predicted molar refractivity (Wildman–Crippen MR) is 79.5 cm³/mol. The maximum atomic E-state index is 13.7. The molecule has 2 nitrogen and oxygen atoms in total. The van der Waals surface area contributed by atoms with E-state index < -0.39 is 0 Å². The minimum absolute atomic E-state index is 0.229. The van der Waals surface area contributed by atoms with Crippen LogP contribution in [0.3, 0.4) is 0 Å². The van der Waals surface area contributed by atoms with Crippen LogP contribution < -0.4 is 10.1 Å². The molecule has 3 heteroatoms. The average Bonchev–Trinajstić information content (AvgIpc) is 2.45. The fraction of sp³-hybridized carbons (Fsp3) is 0.294. The lowest BCUT2D eigenvalue weighted by molar-refractivity contribution is 0.410. The van der Waals surface area contributed by atoms with Crippen LogP contribution in [0, 0.1) is 12.7 Å². The lowest BCUT2D eigenvalue weighted by Crippen LogP contribution is -2.17. The Hall–Kier alpha value is -1.87. The summed E-state index contributed by atoms with van der Waals surface area (Å²) in [6.07, 6.45) is 0.944. The molecule has 1 N–H and O–H groups in total. The summed E-state index contributed by atoms with van der Waals surface area (Å²) >= 11 is 0. The molecule has 20 heavy (non-hydrogen) atoms. The summed E-state index contributed by atoms with van der Waals surface area (Å²) in [4.78, 5) is 0. The molecule has 2 aromatic carbocycles. The zero-order chi connectivity index (χ0) is 14.4. The molecule has 0 aromatic heterocycles. The number of hydrogen-bond acceptors (Lipinski definition) is 2. The van der Waals surface area contributed by atoms with Gasteiger partial charge >= 0.3 is 0 Å². The summed E-state index contributed by atoms with van der Waals surface area (Å²) in [5.41, 5.74) is 3.23. The Morgan fingerprint density at radius 1 is 1.15 bits per heavy atom. The molecule has 0 aliphatic heterocycles. The van der Waals surface area contributed by atoms with Crippen LogP contribution in [0.1, 0.15) is 16.7 Å². The van der Waals surface area contributed by atoms with Crippen LogP contribution in [0.15, 0.2) is 42.5 Å². The lowest BCUT2D eigenvalue weighted by Gasteiger charge is -2.08. The van der Waals surface area contributed by atoms with Gasteiger partial charge in [0.05, 0.1) is 7.11 Å². The lowest BCUT2D eigenvalue weighted by atomic mass is 10.1. The van der Waals surface area contributed by atoms with Crippen molar-refractivity contribution in [1.29, 1.82) is 0 Å². The Bertz CT molecular complexity index is 569. The predicted octanol–water partition coefficient (Wildman–Crippen LogP) is 3.48. The zero-order valence-corrected chi connectivity index (χ0v) is 11.9. The molecular formula is C17H20FNO. The first-order valence-electron chi connectivity index (χ1n) is 6.77. The zero-order valence-electron chi connectivity index (χ0n) is 11.9. The van der Waals surface area contributed by atoms with Crippen LogP contribution in [-0.4, -0.2) is 13.7 Å². The molecule has 0 aliphatic rings. The molecule has 2 rings (SSSR count). The fourth-order valence-corrected chi connectivity index (χ4v) is 2.12. The molecule has 0 aliphatic carbocycles. The fourth-order valence-electron chi connectivity index (χ4n) is 2.12. The second kappa shape index (κ2) is 7.06. The van der Waals surface area contributed by atoms with Gasteiger partial charge < -0.3 is 10.1 Å². The third-order valence-corrected chi connectivity index (χ3v) is 3.25. The van der Waals surface area contributed by atoms with Crippen LogP contribution in [0.5, 0.6) is 5.75 Å². The summed E-state index contributed by atoms with van der Waals surface area (Å²) in [5, 5.41) is 3.27. The van der Waals surface area contributed by atoms with Crippen LogP contribution in [0.4, 0.5) is 4.39 Å². The van der Waals surface area contributed by atoms with Crippen molar-refractivity contribution in [2.24, 2.45) is 0 Å². The number of nitrogens with one attached hydrogen (secondary N) is 1. The average molecular weight is 273 g/mol. The second-order valence-corrected chi connectivity index (χ2v) is 4.87. The quantitative estimate of drug-likeness (QED) is 0.814. The van der Waals surface area contributed by atoms with E-state index in [0.29, 0.717) is 17.9 Å². The molecule has 0 saturated carbocycles. The Morgan fingerprint density at radius 3 is 2.70 bits per heavy atom. The number of rotatable bonds is 6. The summed E-state index contributed by atoms with van der Waals surface area (Å²) < 4.78 is 18.7. The molecule has 0 unspecified atom stereocenters. The summed E-state index contributed by atoms with van der Waals surface area (Å²) in [7, 11) is 1.54. The number of benzene rings is 2. The first-order valence-corrected chi connectivity index (χ1v) is 6.77. The summed E-state index contributed by atoms with van der Waals surface area (Å²) in [5.74, 6) is 0.318. The van der Waals surface area contributed by atoms with Crippen LogP contribution in [0.25, 0.3) is 0 Å². The van der Waals surface area contributed by atoms with Gasteiger partial charge in [0.1, 0.15) is 11.6 Å². The minimum Gasteiger partial charge on any atom is -0.497 e. The second-order valence-electron chi connectivity index (χ2n) is 4.87. The molecule has 0 radical (unpaired) electrons. The van der Waals surface area contributed by atoms with Gasteiger partial charge in [-0.05, 0) is 31.5 Å². The maximum Gasteiger partial charge on any atom is 0.131 e. The van der Waals surface area contributed by atoms with E-state index in [4.69, 9.17) is 4.74 Å². The third kappa shape index (κ3) is 4.07. The minimum atomic E-state index is -0.229. The van der Waals surface area contributed by atoms with Crippen molar-refractivity contribution in [1.82, 2.24) is 5.32 Å². The van der Waals surface area contributed by atoms with Crippen molar-refractivity contribution in [3.8, 4) is 5.75 Å². The molecule has 0 amide bonds. The summed E-state index contributed by atoms with van der Waals surface area (Å²) in [6.45, 7) is 3.44. The highest BCUT2D eigenvalue weighted by Gasteiger charge is 2.03. The molecule has 106 valence electrons.